The SMILES string of the molecule is CCCC(O)(CCC)CNC(=NCc1ccc(F)c(COC)c1)NCC. The third-order valence-corrected chi connectivity index (χ3v) is 4.19. The Balaban J connectivity index is 2.78. The zero-order valence-corrected chi connectivity index (χ0v) is 16.6. The molecular formula is C20H34FN3O2. The lowest BCUT2D eigenvalue weighted by Gasteiger charge is -2.28. The Morgan fingerprint density at radius 3 is 2.46 bits per heavy atom. The number of methoxy groups -OCH3 is 1. The Labute approximate surface area is 157 Å². The molecule has 0 radical (unpaired) electrons. The Hall–Kier alpha value is -1.66. The van der Waals surface area contributed by atoms with Crippen LogP contribution in [0, 0.1) is 5.82 Å². The molecule has 0 aliphatic rings. The van der Waals surface area contributed by atoms with E-state index in [0.29, 0.717) is 24.6 Å². The summed E-state index contributed by atoms with van der Waals surface area (Å²) in [5.74, 6) is 0.379. The quantitative estimate of drug-likeness (QED) is 0.414. The van der Waals surface area contributed by atoms with Gasteiger partial charge in [0.05, 0.1) is 18.8 Å². The number of rotatable bonds is 11. The van der Waals surface area contributed by atoms with Crippen LogP contribution in [0.25, 0.3) is 0 Å². The van der Waals surface area contributed by atoms with Crippen molar-refractivity contribution in [2.45, 2.75) is 65.2 Å². The molecule has 26 heavy (non-hydrogen) atoms. The highest BCUT2D eigenvalue weighted by molar-refractivity contribution is 5.79. The van der Waals surface area contributed by atoms with Crippen LogP contribution in [0.5, 0.6) is 0 Å². The molecule has 0 heterocycles. The number of guanidine groups is 1. The molecule has 6 heteroatoms. The van der Waals surface area contributed by atoms with E-state index in [2.05, 4.69) is 29.5 Å². The topological polar surface area (TPSA) is 65.9 Å². The third kappa shape index (κ3) is 7.70. The summed E-state index contributed by atoms with van der Waals surface area (Å²) >= 11 is 0. The smallest absolute Gasteiger partial charge is 0.191 e. The zero-order chi connectivity index (χ0) is 19.4. The van der Waals surface area contributed by atoms with E-state index >= 15 is 0 Å². The molecule has 3 N–H and O–H groups in total. The van der Waals surface area contributed by atoms with Gasteiger partial charge in [-0.15, -0.1) is 0 Å². The molecule has 1 rings (SSSR count). The molecule has 0 aromatic heterocycles. The Morgan fingerprint density at radius 2 is 1.88 bits per heavy atom. The van der Waals surface area contributed by atoms with Crippen LogP contribution >= 0.6 is 0 Å². The number of ether oxygens (including phenoxy) is 1. The monoisotopic (exact) mass is 367 g/mol. The number of nitrogens with one attached hydrogen (secondary N) is 2. The van der Waals surface area contributed by atoms with E-state index in [1.54, 1.807) is 19.2 Å². The molecule has 5 nitrogen and oxygen atoms in total. The summed E-state index contributed by atoms with van der Waals surface area (Å²) in [6.07, 6.45) is 3.38. The van der Waals surface area contributed by atoms with Gasteiger partial charge in [0.1, 0.15) is 5.82 Å². The fourth-order valence-electron chi connectivity index (χ4n) is 2.99. The largest absolute Gasteiger partial charge is 0.388 e. The average Bonchev–Trinajstić information content (AvgIpc) is 2.60. The number of aliphatic imine (C=N–C) groups is 1. The fourth-order valence-corrected chi connectivity index (χ4v) is 2.99. The average molecular weight is 368 g/mol. The van der Waals surface area contributed by atoms with Crippen LogP contribution in [0.2, 0.25) is 0 Å². The van der Waals surface area contributed by atoms with Gasteiger partial charge in [0, 0.05) is 25.8 Å². The first-order chi connectivity index (χ1) is 12.5. The van der Waals surface area contributed by atoms with Crippen molar-refractivity contribution < 1.29 is 14.2 Å². The van der Waals surface area contributed by atoms with Gasteiger partial charge in [0.15, 0.2) is 5.96 Å². The van der Waals surface area contributed by atoms with Crippen molar-refractivity contribution in [2.75, 3.05) is 20.2 Å². The summed E-state index contributed by atoms with van der Waals surface area (Å²) in [6.45, 7) is 7.99. The van der Waals surface area contributed by atoms with Crippen LogP contribution in [0.15, 0.2) is 23.2 Å². The molecule has 148 valence electrons. The lowest BCUT2D eigenvalue weighted by atomic mass is 9.93. The van der Waals surface area contributed by atoms with Gasteiger partial charge in [0.25, 0.3) is 0 Å². The molecule has 0 amide bonds. The molecule has 1 aromatic rings. The minimum atomic E-state index is -0.721. The minimum Gasteiger partial charge on any atom is -0.388 e. The Kier molecular flexibility index (Phi) is 10.2. The summed E-state index contributed by atoms with van der Waals surface area (Å²) in [6, 6.07) is 4.95. The van der Waals surface area contributed by atoms with Gasteiger partial charge in [-0.1, -0.05) is 32.8 Å². The van der Waals surface area contributed by atoms with Crippen molar-refractivity contribution in [2.24, 2.45) is 4.99 Å². The van der Waals surface area contributed by atoms with Gasteiger partial charge in [-0.25, -0.2) is 9.38 Å². The van der Waals surface area contributed by atoms with Crippen molar-refractivity contribution >= 4 is 5.96 Å². The van der Waals surface area contributed by atoms with E-state index in [1.807, 2.05) is 6.92 Å². The number of aliphatic hydroxyl groups is 1. The standard InChI is InChI=1S/C20H34FN3O2/c1-5-10-20(25,11-6-2)15-24-19(22-7-3)23-13-16-8-9-18(21)17(12-16)14-26-4/h8-9,12,25H,5-7,10-11,13-15H2,1-4H3,(H2,22,23,24). The molecule has 0 bridgehead atoms. The van der Waals surface area contributed by atoms with Gasteiger partial charge in [-0.3, -0.25) is 0 Å². The highest BCUT2D eigenvalue weighted by Crippen LogP contribution is 2.18. The van der Waals surface area contributed by atoms with Gasteiger partial charge >= 0.3 is 0 Å². The summed E-state index contributed by atoms with van der Waals surface area (Å²) in [7, 11) is 1.55. The first-order valence-electron chi connectivity index (χ1n) is 9.48. The van der Waals surface area contributed by atoms with Crippen LogP contribution in [0.1, 0.15) is 57.6 Å². The fraction of sp³-hybridized carbons (Fsp3) is 0.650. The Bertz CT molecular complexity index is 558. The van der Waals surface area contributed by atoms with Crippen molar-refractivity contribution in [1.82, 2.24) is 10.6 Å². The van der Waals surface area contributed by atoms with Gasteiger partial charge in [-0.05, 0) is 37.5 Å². The second-order valence-corrected chi connectivity index (χ2v) is 6.63. The van der Waals surface area contributed by atoms with Crippen LogP contribution in [-0.4, -0.2) is 36.9 Å². The summed E-state index contributed by atoms with van der Waals surface area (Å²) in [5, 5.41) is 17.2. The van der Waals surface area contributed by atoms with Crippen LogP contribution < -0.4 is 10.6 Å². The number of benzene rings is 1. The second kappa shape index (κ2) is 11.9. The molecule has 0 unspecified atom stereocenters. The first-order valence-corrected chi connectivity index (χ1v) is 9.48. The van der Waals surface area contributed by atoms with Gasteiger partial charge < -0.3 is 20.5 Å². The predicted octanol–water partition coefficient (Wildman–Crippen LogP) is 3.36. The summed E-state index contributed by atoms with van der Waals surface area (Å²) in [4.78, 5) is 4.56. The summed E-state index contributed by atoms with van der Waals surface area (Å²) in [5.41, 5.74) is 0.716. The minimum absolute atomic E-state index is 0.239. The lowest BCUT2D eigenvalue weighted by Crippen LogP contribution is -2.47. The molecule has 0 aliphatic carbocycles. The number of nitrogens with zero attached hydrogens (tertiary/aromatic N) is 1. The first kappa shape index (κ1) is 22.4. The normalized spacial score (nSPS) is 12.3. The third-order valence-electron chi connectivity index (χ3n) is 4.19. The molecule has 0 fully saturated rings. The maximum absolute atomic E-state index is 13.7. The van der Waals surface area contributed by atoms with E-state index in [0.717, 1.165) is 37.8 Å². The summed E-state index contributed by atoms with van der Waals surface area (Å²) < 4.78 is 18.7. The van der Waals surface area contributed by atoms with E-state index < -0.39 is 5.60 Å². The highest BCUT2D eigenvalue weighted by atomic mass is 19.1. The predicted molar refractivity (Wildman–Crippen MR) is 105 cm³/mol. The van der Waals surface area contributed by atoms with E-state index in [4.69, 9.17) is 4.74 Å². The Morgan fingerprint density at radius 1 is 1.19 bits per heavy atom. The number of hydrogen-bond acceptors (Lipinski definition) is 3. The van der Waals surface area contributed by atoms with Crippen molar-refractivity contribution in [3.63, 3.8) is 0 Å². The number of halogens is 1. The van der Waals surface area contributed by atoms with Gasteiger partial charge in [-0.2, -0.15) is 0 Å². The molecular weight excluding hydrogens is 333 g/mol. The van der Waals surface area contributed by atoms with E-state index in [9.17, 15) is 9.50 Å². The molecule has 0 aliphatic heterocycles. The van der Waals surface area contributed by atoms with Gasteiger partial charge in [0.2, 0.25) is 0 Å². The van der Waals surface area contributed by atoms with E-state index in [-0.39, 0.29) is 12.4 Å². The zero-order valence-electron chi connectivity index (χ0n) is 16.6. The molecule has 0 saturated heterocycles. The lowest BCUT2D eigenvalue weighted by molar-refractivity contribution is 0.0257. The second-order valence-electron chi connectivity index (χ2n) is 6.63. The molecule has 1 aromatic carbocycles. The van der Waals surface area contributed by atoms with Crippen molar-refractivity contribution in [3.8, 4) is 0 Å². The van der Waals surface area contributed by atoms with E-state index in [1.165, 1.54) is 6.07 Å². The maximum Gasteiger partial charge on any atom is 0.191 e. The molecule has 0 saturated carbocycles. The highest BCUT2D eigenvalue weighted by Gasteiger charge is 2.24. The number of hydrogen-bond donors (Lipinski definition) is 3. The van der Waals surface area contributed by atoms with Crippen LogP contribution in [0.3, 0.4) is 0 Å². The van der Waals surface area contributed by atoms with Crippen molar-refractivity contribution in [3.05, 3.63) is 35.1 Å². The van der Waals surface area contributed by atoms with Crippen LogP contribution in [-0.2, 0) is 17.9 Å². The van der Waals surface area contributed by atoms with Crippen molar-refractivity contribution in [1.29, 1.82) is 0 Å². The molecule has 0 spiro atoms. The van der Waals surface area contributed by atoms with Crippen LogP contribution in [0.4, 0.5) is 4.39 Å². The maximum atomic E-state index is 13.7. The molecule has 0 atom stereocenters.